The lowest BCUT2D eigenvalue weighted by Gasteiger charge is -2.39. The zero-order valence-electron chi connectivity index (χ0n) is 20.0. The number of hydrogen-bond acceptors (Lipinski definition) is 7. The predicted octanol–water partition coefficient (Wildman–Crippen LogP) is 3.41. The third kappa shape index (κ3) is 5.42. The van der Waals surface area contributed by atoms with E-state index in [1.54, 1.807) is 24.1 Å². The number of nitrogens with one attached hydrogen (secondary N) is 1. The van der Waals surface area contributed by atoms with Crippen LogP contribution in [0, 0.1) is 0 Å². The van der Waals surface area contributed by atoms with Crippen molar-refractivity contribution in [3.63, 3.8) is 0 Å². The molecule has 0 aliphatic heterocycles. The quantitative estimate of drug-likeness (QED) is 0.508. The van der Waals surface area contributed by atoms with Crippen LogP contribution in [0.4, 0.5) is 5.69 Å². The van der Waals surface area contributed by atoms with Crippen molar-refractivity contribution in [3.05, 3.63) is 40.4 Å². The summed E-state index contributed by atoms with van der Waals surface area (Å²) in [5.41, 5.74) is 12.1. The second kappa shape index (κ2) is 11.1. The number of ether oxygens (including phenoxy) is 1. The van der Waals surface area contributed by atoms with Gasteiger partial charge in [0, 0.05) is 12.1 Å². The van der Waals surface area contributed by atoms with Crippen LogP contribution in [-0.2, 0) is 4.79 Å². The number of carbonyl (C=O) groups is 3. The van der Waals surface area contributed by atoms with Gasteiger partial charge in [-0.2, -0.15) is 4.37 Å². The SMILES string of the molecule is COc1ccc([C@H](C(=O)NC2CCCC2)N(C(=O)c2snc(C(N)=O)c2N)C2CCCCC2)cc1. The van der Waals surface area contributed by atoms with Gasteiger partial charge in [-0.1, -0.05) is 44.2 Å². The van der Waals surface area contributed by atoms with Crippen LogP contribution in [-0.4, -0.2) is 46.2 Å². The first kappa shape index (κ1) is 25.0. The number of nitrogens with zero attached hydrogens (tertiary/aromatic N) is 2. The van der Waals surface area contributed by atoms with Gasteiger partial charge >= 0.3 is 0 Å². The van der Waals surface area contributed by atoms with Gasteiger partial charge in [-0.05, 0) is 54.9 Å². The van der Waals surface area contributed by atoms with Crippen LogP contribution in [0.15, 0.2) is 24.3 Å². The molecule has 0 spiro atoms. The Morgan fingerprint density at radius 3 is 2.26 bits per heavy atom. The summed E-state index contributed by atoms with van der Waals surface area (Å²) in [6, 6.07) is 6.34. The molecule has 2 aliphatic rings. The number of amides is 3. The summed E-state index contributed by atoms with van der Waals surface area (Å²) in [7, 11) is 1.58. The number of benzene rings is 1. The first-order chi connectivity index (χ1) is 16.9. The monoisotopic (exact) mass is 499 g/mol. The molecule has 188 valence electrons. The molecule has 0 saturated heterocycles. The van der Waals surface area contributed by atoms with E-state index in [0.29, 0.717) is 11.3 Å². The van der Waals surface area contributed by atoms with Gasteiger partial charge in [0.15, 0.2) is 5.69 Å². The molecule has 0 bridgehead atoms. The molecule has 35 heavy (non-hydrogen) atoms. The maximum absolute atomic E-state index is 14.0. The zero-order valence-corrected chi connectivity index (χ0v) is 20.8. The molecule has 3 amide bonds. The van der Waals surface area contributed by atoms with E-state index in [4.69, 9.17) is 16.2 Å². The summed E-state index contributed by atoms with van der Waals surface area (Å²) in [4.78, 5) is 41.4. The van der Waals surface area contributed by atoms with Gasteiger partial charge < -0.3 is 26.4 Å². The van der Waals surface area contributed by atoms with E-state index >= 15 is 0 Å². The van der Waals surface area contributed by atoms with Gasteiger partial charge in [-0.25, -0.2) is 0 Å². The molecule has 4 rings (SSSR count). The van der Waals surface area contributed by atoms with Crippen LogP contribution >= 0.6 is 11.5 Å². The molecular formula is C25H33N5O4S. The van der Waals surface area contributed by atoms with Crippen LogP contribution in [0.1, 0.15) is 89.6 Å². The minimum atomic E-state index is -0.851. The smallest absolute Gasteiger partial charge is 0.270 e. The first-order valence-electron chi connectivity index (χ1n) is 12.2. The number of rotatable bonds is 8. The lowest BCUT2D eigenvalue weighted by Crippen LogP contribution is -2.50. The van der Waals surface area contributed by atoms with Crippen molar-refractivity contribution >= 4 is 34.9 Å². The summed E-state index contributed by atoms with van der Waals surface area (Å²) in [6.07, 6.45) is 8.64. The molecular weight excluding hydrogens is 466 g/mol. The summed E-state index contributed by atoms with van der Waals surface area (Å²) in [5.74, 6) is -0.731. The molecule has 2 saturated carbocycles. The second-order valence-electron chi connectivity index (χ2n) is 9.31. The molecule has 2 aliphatic carbocycles. The number of methoxy groups -OCH3 is 1. The van der Waals surface area contributed by atoms with Crippen molar-refractivity contribution in [2.45, 2.75) is 75.9 Å². The average Bonchev–Trinajstić information content (AvgIpc) is 3.52. The molecule has 2 fully saturated rings. The Morgan fingerprint density at radius 2 is 1.69 bits per heavy atom. The van der Waals surface area contributed by atoms with Gasteiger partial charge in [-0.15, -0.1) is 0 Å². The van der Waals surface area contributed by atoms with E-state index in [2.05, 4.69) is 9.69 Å². The molecule has 10 heteroatoms. The highest BCUT2D eigenvalue weighted by Crippen LogP contribution is 2.35. The van der Waals surface area contributed by atoms with E-state index < -0.39 is 17.9 Å². The Kier molecular flexibility index (Phi) is 7.90. The van der Waals surface area contributed by atoms with E-state index in [-0.39, 0.29) is 34.2 Å². The van der Waals surface area contributed by atoms with Crippen LogP contribution < -0.4 is 21.5 Å². The normalized spacial score (nSPS) is 17.6. The number of nitrogen functional groups attached to an aromatic ring is 1. The summed E-state index contributed by atoms with van der Waals surface area (Å²) >= 11 is 0.849. The Hall–Kier alpha value is -3.14. The number of primary amides is 1. The zero-order chi connectivity index (χ0) is 24.9. The van der Waals surface area contributed by atoms with Gasteiger partial charge in [0.1, 0.15) is 16.7 Å². The van der Waals surface area contributed by atoms with Gasteiger partial charge in [-0.3, -0.25) is 14.4 Å². The molecule has 9 nitrogen and oxygen atoms in total. The maximum atomic E-state index is 14.0. The molecule has 1 heterocycles. The third-order valence-electron chi connectivity index (χ3n) is 7.02. The molecule has 1 atom stereocenters. The number of aromatic nitrogens is 1. The average molecular weight is 500 g/mol. The lowest BCUT2D eigenvalue weighted by atomic mass is 9.91. The van der Waals surface area contributed by atoms with Gasteiger partial charge in [0.2, 0.25) is 5.91 Å². The van der Waals surface area contributed by atoms with Crippen molar-refractivity contribution in [2.75, 3.05) is 12.8 Å². The summed E-state index contributed by atoms with van der Waals surface area (Å²) in [5, 5.41) is 3.19. The maximum Gasteiger partial charge on any atom is 0.270 e. The second-order valence-corrected chi connectivity index (χ2v) is 10.1. The molecule has 1 aromatic carbocycles. The number of carbonyl (C=O) groups excluding carboxylic acids is 3. The van der Waals surface area contributed by atoms with Gasteiger partial charge in [0.05, 0.1) is 12.8 Å². The van der Waals surface area contributed by atoms with Crippen molar-refractivity contribution in [1.29, 1.82) is 0 Å². The van der Waals surface area contributed by atoms with E-state index in [0.717, 1.165) is 69.3 Å². The highest BCUT2D eigenvalue weighted by molar-refractivity contribution is 7.09. The predicted molar refractivity (Wildman–Crippen MR) is 134 cm³/mol. The Labute approximate surface area is 209 Å². The fourth-order valence-electron chi connectivity index (χ4n) is 5.17. The van der Waals surface area contributed by atoms with Gasteiger partial charge in [0.25, 0.3) is 11.8 Å². The summed E-state index contributed by atoms with van der Waals surface area (Å²) in [6.45, 7) is 0. The Morgan fingerprint density at radius 1 is 1.06 bits per heavy atom. The number of hydrogen-bond donors (Lipinski definition) is 3. The van der Waals surface area contributed by atoms with Crippen LogP contribution in [0.25, 0.3) is 0 Å². The van der Waals surface area contributed by atoms with E-state index in [9.17, 15) is 14.4 Å². The molecule has 1 aromatic heterocycles. The summed E-state index contributed by atoms with van der Waals surface area (Å²) < 4.78 is 9.33. The van der Waals surface area contributed by atoms with E-state index in [1.807, 2.05) is 12.1 Å². The Bertz CT molecular complexity index is 1060. The van der Waals surface area contributed by atoms with E-state index in [1.165, 1.54) is 0 Å². The minimum Gasteiger partial charge on any atom is -0.497 e. The van der Waals surface area contributed by atoms with Crippen LogP contribution in [0.3, 0.4) is 0 Å². The molecule has 0 unspecified atom stereocenters. The molecule has 2 aromatic rings. The Balaban J connectivity index is 1.77. The highest BCUT2D eigenvalue weighted by Gasteiger charge is 2.40. The largest absolute Gasteiger partial charge is 0.497 e. The minimum absolute atomic E-state index is 0.0296. The van der Waals surface area contributed by atoms with Crippen LogP contribution in [0.5, 0.6) is 5.75 Å². The van der Waals surface area contributed by atoms with Crippen LogP contribution in [0.2, 0.25) is 0 Å². The topological polar surface area (TPSA) is 141 Å². The standard InChI is InChI=1S/C25H33N5O4S/c1-34-18-13-11-15(12-14-18)21(24(32)28-16-7-5-6-8-16)30(17-9-3-2-4-10-17)25(33)22-19(26)20(23(27)31)29-35-22/h11-14,16-17,21H,2-10,26H2,1H3,(H2,27,31)(H,28,32)/t21-/m1/s1. The fraction of sp³-hybridized carbons (Fsp3) is 0.520. The highest BCUT2D eigenvalue weighted by atomic mass is 32.1. The van der Waals surface area contributed by atoms with Crippen molar-refractivity contribution < 1.29 is 19.1 Å². The van der Waals surface area contributed by atoms with Crippen molar-refractivity contribution in [1.82, 2.24) is 14.6 Å². The number of anilines is 1. The third-order valence-corrected chi connectivity index (χ3v) is 7.87. The number of nitrogens with two attached hydrogens (primary N) is 2. The fourth-order valence-corrected chi connectivity index (χ4v) is 5.92. The molecule has 5 N–H and O–H groups in total. The molecule has 0 radical (unpaired) electrons. The lowest BCUT2D eigenvalue weighted by molar-refractivity contribution is -0.127. The first-order valence-corrected chi connectivity index (χ1v) is 13.0. The van der Waals surface area contributed by atoms with Crippen molar-refractivity contribution in [3.8, 4) is 5.75 Å². The van der Waals surface area contributed by atoms with Crippen molar-refractivity contribution in [2.24, 2.45) is 5.73 Å².